The summed E-state index contributed by atoms with van der Waals surface area (Å²) in [7, 11) is 0. The minimum absolute atomic E-state index is 1.10. The van der Waals surface area contributed by atoms with Gasteiger partial charge in [0.1, 0.15) is 0 Å². The zero-order valence-electron chi connectivity index (χ0n) is 29.7. The van der Waals surface area contributed by atoms with Crippen LogP contribution in [0.3, 0.4) is 0 Å². The number of benzene rings is 8. The van der Waals surface area contributed by atoms with Crippen LogP contribution in [0, 0.1) is 0 Å². The lowest BCUT2D eigenvalue weighted by atomic mass is 9.99. The second kappa shape index (κ2) is 13.4. The quantitative estimate of drug-likeness (QED) is 0.162. The molecular weight excluding hydrogens is 653 g/mol. The molecule has 2 heteroatoms. The van der Waals surface area contributed by atoms with Gasteiger partial charge in [-0.25, -0.2) is 0 Å². The number of anilines is 3. The van der Waals surface area contributed by atoms with E-state index in [2.05, 4.69) is 228 Å². The molecule has 0 amide bonds. The smallest absolute Gasteiger partial charge is 0.0547 e. The van der Waals surface area contributed by atoms with Crippen LogP contribution in [0.4, 0.5) is 17.1 Å². The number of aromatic nitrogens is 1. The molecule has 0 saturated carbocycles. The lowest BCUT2D eigenvalue weighted by molar-refractivity contribution is 1.28. The van der Waals surface area contributed by atoms with E-state index in [1.807, 2.05) is 0 Å². The molecule has 0 aliphatic heterocycles. The summed E-state index contributed by atoms with van der Waals surface area (Å²) in [5.41, 5.74) is 15.4. The first-order valence-electron chi connectivity index (χ1n) is 18.5. The van der Waals surface area contributed by atoms with Gasteiger partial charge in [0, 0.05) is 34.2 Å². The fraction of sp³-hybridized carbons (Fsp3) is 0. The number of hydrogen-bond donors (Lipinski definition) is 0. The van der Waals surface area contributed by atoms with Crippen LogP contribution in [0.5, 0.6) is 0 Å². The third-order valence-electron chi connectivity index (χ3n) is 10.6. The van der Waals surface area contributed by atoms with Crippen molar-refractivity contribution in [1.29, 1.82) is 0 Å². The van der Waals surface area contributed by atoms with Crippen molar-refractivity contribution in [2.75, 3.05) is 4.90 Å². The highest BCUT2D eigenvalue weighted by Gasteiger charge is 2.17. The van der Waals surface area contributed by atoms with E-state index >= 15 is 0 Å². The van der Waals surface area contributed by atoms with Crippen molar-refractivity contribution < 1.29 is 0 Å². The Bertz CT molecular complexity index is 2790. The molecule has 0 radical (unpaired) electrons. The summed E-state index contributed by atoms with van der Waals surface area (Å²) in [6.45, 7) is 0. The second-order valence-electron chi connectivity index (χ2n) is 13.8. The van der Waals surface area contributed by atoms with E-state index in [1.54, 1.807) is 0 Å². The number of nitrogens with zero attached hydrogens (tertiary/aromatic N) is 2. The first kappa shape index (κ1) is 31.6. The Kier molecular flexibility index (Phi) is 7.85. The summed E-state index contributed by atoms with van der Waals surface area (Å²) >= 11 is 0. The fourth-order valence-electron chi connectivity index (χ4n) is 7.86. The van der Waals surface area contributed by atoms with Gasteiger partial charge in [-0.1, -0.05) is 164 Å². The maximum atomic E-state index is 2.37. The number of rotatable bonds is 7. The zero-order chi connectivity index (χ0) is 35.8. The Hall–Kier alpha value is -7.16. The van der Waals surface area contributed by atoms with Gasteiger partial charge < -0.3 is 9.30 Å². The molecule has 0 aliphatic rings. The third-order valence-corrected chi connectivity index (χ3v) is 10.6. The Morgan fingerprint density at radius 3 is 1.22 bits per heavy atom. The average Bonchev–Trinajstić information content (AvgIpc) is 3.57. The molecule has 0 atom stereocenters. The molecule has 2 nitrogen and oxygen atoms in total. The van der Waals surface area contributed by atoms with Gasteiger partial charge in [-0.3, -0.25) is 0 Å². The van der Waals surface area contributed by atoms with Crippen molar-refractivity contribution in [3.63, 3.8) is 0 Å². The summed E-state index contributed by atoms with van der Waals surface area (Å²) in [5, 5.41) is 3.72. The largest absolute Gasteiger partial charge is 0.315 e. The Morgan fingerprint density at radius 2 is 0.704 bits per heavy atom. The van der Waals surface area contributed by atoms with Crippen LogP contribution in [0.25, 0.3) is 71.7 Å². The molecule has 2 aromatic heterocycles. The SMILES string of the molecule is c1ccc(-c2ccc(N(c3ccc(-c4ccccc4)cc3)c3ccc(-c4ccc5c(-c6ccccc6)c6cc7ccccc7cn6c5c4)cc3)cc2)cc1. The summed E-state index contributed by atoms with van der Waals surface area (Å²) in [6.07, 6.45) is 2.29. The molecule has 254 valence electrons. The molecule has 10 aromatic rings. The van der Waals surface area contributed by atoms with Gasteiger partial charge in [-0.15, -0.1) is 0 Å². The molecule has 0 unspecified atom stereocenters. The molecule has 0 aliphatic carbocycles. The molecule has 8 aromatic carbocycles. The highest BCUT2D eigenvalue weighted by molar-refractivity contribution is 6.09. The van der Waals surface area contributed by atoms with E-state index in [-0.39, 0.29) is 0 Å². The van der Waals surface area contributed by atoms with E-state index in [1.165, 1.54) is 71.7 Å². The van der Waals surface area contributed by atoms with Crippen LogP contribution < -0.4 is 4.90 Å². The van der Waals surface area contributed by atoms with Gasteiger partial charge in [0.2, 0.25) is 0 Å². The zero-order valence-corrected chi connectivity index (χ0v) is 29.7. The van der Waals surface area contributed by atoms with Crippen LogP contribution in [0.1, 0.15) is 0 Å². The summed E-state index contributed by atoms with van der Waals surface area (Å²) in [4.78, 5) is 2.34. The van der Waals surface area contributed by atoms with Crippen LogP contribution in [-0.4, -0.2) is 4.40 Å². The van der Waals surface area contributed by atoms with Crippen molar-refractivity contribution in [2.24, 2.45) is 0 Å². The number of pyridine rings is 1. The predicted molar refractivity (Wildman–Crippen MR) is 229 cm³/mol. The third kappa shape index (κ3) is 5.71. The number of fused-ring (bicyclic) bond motifs is 4. The lowest BCUT2D eigenvalue weighted by Gasteiger charge is -2.26. The van der Waals surface area contributed by atoms with Gasteiger partial charge in [0.05, 0.1) is 11.0 Å². The molecule has 10 rings (SSSR count). The topological polar surface area (TPSA) is 7.65 Å². The highest BCUT2D eigenvalue weighted by atomic mass is 15.1. The number of hydrogen-bond acceptors (Lipinski definition) is 1. The molecular formula is C52H36N2. The van der Waals surface area contributed by atoms with Crippen molar-refractivity contribution in [2.45, 2.75) is 0 Å². The Morgan fingerprint density at radius 1 is 0.296 bits per heavy atom. The average molecular weight is 689 g/mol. The summed E-state index contributed by atoms with van der Waals surface area (Å²) < 4.78 is 2.37. The van der Waals surface area contributed by atoms with Gasteiger partial charge >= 0.3 is 0 Å². The summed E-state index contributed by atoms with van der Waals surface area (Å²) in [6, 6.07) is 76.5. The molecule has 54 heavy (non-hydrogen) atoms. The summed E-state index contributed by atoms with van der Waals surface area (Å²) in [5.74, 6) is 0. The first-order valence-corrected chi connectivity index (χ1v) is 18.5. The standard InChI is InChI=1S/C52H36N2/c1-4-12-37(13-5-1)39-20-27-46(28-21-39)54(47-29-22-40(23-30-47)38-14-6-2-7-15-38)48-31-24-41(25-32-48)44-26-33-49-50(34-44)53-36-45-19-11-10-18-43(45)35-51(53)52(49)42-16-8-3-9-17-42/h1-36H. The monoisotopic (exact) mass is 688 g/mol. The lowest BCUT2D eigenvalue weighted by Crippen LogP contribution is -2.09. The minimum atomic E-state index is 1.10. The van der Waals surface area contributed by atoms with E-state index in [0.717, 1.165) is 17.1 Å². The van der Waals surface area contributed by atoms with Gasteiger partial charge in [0.25, 0.3) is 0 Å². The van der Waals surface area contributed by atoms with E-state index in [4.69, 9.17) is 0 Å². The molecule has 0 N–H and O–H groups in total. The van der Waals surface area contributed by atoms with E-state index in [9.17, 15) is 0 Å². The normalized spacial score (nSPS) is 11.3. The maximum absolute atomic E-state index is 2.37. The van der Waals surface area contributed by atoms with Gasteiger partial charge in [-0.2, -0.15) is 0 Å². The van der Waals surface area contributed by atoms with Crippen molar-refractivity contribution in [3.8, 4) is 44.5 Å². The minimum Gasteiger partial charge on any atom is -0.315 e. The van der Waals surface area contributed by atoms with Crippen molar-refractivity contribution in [1.82, 2.24) is 4.40 Å². The maximum Gasteiger partial charge on any atom is 0.0547 e. The predicted octanol–water partition coefficient (Wildman–Crippen LogP) is 14.4. The first-order chi connectivity index (χ1) is 26.8. The van der Waals surface area contributed by atoms with Crippen LogP contribution in [-0.2, 0) is 0 Å². The molecule has 0 saturated heterocycles. The van der Waals surface area contributed by atoms with E-state index in [0.29, 0.717) is 0 Å². The van der Waals surface area contributed by atoms with Gasteiger partial charge in [0.15, 0.2) is 0 Å². The molecule has 2 heterocycles. The van der Waals surface area contributed by atoms with Crippen molar-refractivity contribution in [3.05, 3.63) is 219 Å². The molecule has 0 fully saturated rings. The molecule has 0 spiro atoms. The fourth-order valence-corrected chi connectivity index (χ4v) is 7.86. The van der Waals surface area contributed by atoms with Crippen LogP contribution >= 0.6 is 0 Å². The van der Waals surface area contributed by atoms with E-state index < -0.39 is 0 Å². The van der Waals surface area contributed by atoms with Gasteiger partial charge in [-0.05, 0) is 98.2 Å². The second-order valence-corrected chi connectivity index (χ2v) is 13.8. The van der Waals surface area contributed by atoms with Crippen molar-refractivity contribution >= 4 is 44.3 Å². The molecule has 0 bridgehead atoms. The highest BCUT2D eigenvalue weighted by Crippen LogP contribution is 2.41. The Labute approximate surface area is 315 Å². The Balaban J connectivity index is 1.06. The van der Waals surface area contributed by atoms with Crippen LogP contribution in [0.15, 0.2) is 219 Å². The van der Waals surface area contributed by atoms with Crippen LogP contribution in [0.2, 0.25) is 0 Å².